The second kappa shape index (κ2) is 4.71. The molecule has 0 saturated carbocycles. The van der Waals surface area contributed by atoms with Crippen molar-refractivity contribution in [3.05, 3.63) is 28.8 Å². The number of alkyl halides is 7. The number of rotatable bonds is 2. The van der Waals surface area contributed by atoms with Gasteiger partial charge in [-0.05, 0) is 37.1 Å². The monoisotopic (exact) mass is 302 g/mol. The highest BCUT2D eigenvalue weighted by Gasteiger charge is 2.73. The second-order valence-electron chi connectivity index (χ2n) is 4.22. The SMILES string of the molecule is Cc1cc(C(F)(C(F)(F)F)C(F)(F)F)cc(C)c1N=N. The minimum Gasteiger partial charge on any atom is -0.218 e. The highest BCUT2D eigenvalue weighted by Crippen LogP contribution is 2.53. The Morgan fingerprint density at radius 3 is 1.45 bits per heavy atom. The molecule has 0 unspecified atom stereocenters. The van der Waals surface area contributed by atoms with E-state index < -0.39 is 23.6 Å². The van der Waals surface area contributed by atoms with Crippen molar-refractivity contribution in [1.29, 1.82) is 5.53 Å². The van der Waals surface area contributed by atoms with E-state index in [9.17, 15) is 30.7 Å². The topological polar surface area (TPSA) is 36.2 Å². The molecular weight excluding hydrogens is 293 g/mol. The second-order valence-corrected chi connectivity index (χ2v) is 4.22. The van der Waals surface area contributed by atoms with Gasteiger partial charge in [-0.15, -0.1) is 0 Å². The molecule has 0 radical (unpaired) electrons. The summed E-state index contributed by atoms with van der Waals surface area (Å²) < 4.78 is 89.3. The third kappa shape index (κ3) is 2.36. The fraction of sp³-hybridized carbons (Fsp3) is 0.455. The van der Waals surface area contributed by atoms with Gasteiger partial charge in [-0.2, -0.15) is 31.5 Å². The van der Waals surface area contributed by atoms with Gasteiger partial charge >= 0.3 is 18.0 Å². The Labute approximate surface area is 109 Å². The van der Waals surface area contributed by atoms with E-state index in [1.807, 2.05) is 0 Å². The van der Waals surface area contributed by atoms with E-state index in [0.717, 1.165) is 13.8 Å². The van der Waals surface area contributed by atoms with Crippen LogP contribution in [-0.2, 0) is 5.67 Å². The Morgan fingerprint density at radius 1 is 0.850 bits per heavy atom. The lowest BCUT2D eigenvalue weighted by molar-refractivity contribution is -0.348. The van der Waals surface area contributed by atoms with Crippen LogP contribution in [0.3, 0.4) is 0 Å². The van der Waals surface area contributed by atoms with Gasteiger partial charge in [-0.3, -0.25) is 0 Å². The number of halogens is 7. The number of benzene rings is 1. The van der Waals surface area contributed by atoms with Crippen LogP contribution in [-0.4, -0.2) is 12.4 Å². The molecule has 1 aromatic rings. The Bertz CT molecular complexity index is 494. The highest BCUT2D eigenvalue weighted by molar-refractivity contribution is 5.54. The smallest absolute Gasteiger partial charge is 0.218 e. The van der Waals surface area contributed by atoms with Crippen molar-refractivity contribution in [2.24, 2.45) is 5.11 Å². The lowest BCUT2D eigenvalue weighted by Crippen LogP contribution is -2.50. The minimum atomic E-state index is -6.15. The number of hydrogen-bond acceptors (Lipinski definition) is 2. The van der Waals surface area contributed by atoms with Gasteiger partial charge in [0, 0.05) is 5.56 Å². The molecule has 0 aliphatic heterocycles. The summed E-state index contributed by atoms with van der Waals surface area (Å²) in [7, 11) is 0. The minimum absolute atomic E-state index is 0.0968. The van der Waals surface area contributed by atoms with Crippen LogP contribution in [0.15, 0.2) is 17.2 Å². The van der Waals surface area contributed by atoms with Crippen molar-refractivity contribution in [3.63, 3.8) is 0 Å². The molecule has 1 rings (SSSR count). The quantitative estimate of drug-likeness (QED) is 0.572. The summed E-state index contributed by atoms with van der Waals surface area (Å²) in [5.41, 5.74) is -0.640. The van der Waals surface area contributed by atoms with Crippen molar-refractivity contribution in [2.45, 2.75) is 31.9 Å². The molecule has 0 bridgehead atoms. The van der Waals surface area contributed by atoms with Crippen molar-refractivity contribution < 1.29 is 30.7 Å². The molecule has 0 spiro atoms. The summed E-state index contributed by atoms with van der Waals surface area (Å²) in [6.45, 7) is 2.30. The maximum atomic E-state index is 13.8. The number of nitrogens with zero attached hydrogens (tertiary/aromatic N) is 1. The number of aryl methyl sites for hydroxylation is 2. The third-order valence-corrected chi connectivity index (χ3v) is 2.78. The van der Waals surface area contributed by atoms with E-state index in [0.29, 0.717) is 12.1 Å². The van der Waals surface area contributed by atoms with Crippen LogP contribution in [0.25, 0.3) is 0 Å². The van der Waals surface area contributed by atoms with Gasteiger partial charge in [-0.25, -0.2) is 9.92 Å². The lowest BCUT2D eigenvalue weighted by atomic mass is 9.90. The molecule has 0 fully saturated rings. The van der Waals surface area contributed by atoms with Gasteiger partial charge in [-0.1, -0.05) is 0 Å². The zero-order valence-corrected chi connectivity index (χ0v) is 10.2. The average Bonchev–Trinajstić information content (AvgIpc) is 2.24. The molecule has 0 aliphatic rings. The molecule has 0 saturated heterocycles. The maximum Gasteiger partial charge on any atom is 0.435 e. The largest absolute Gasteiger partial charge is 0.435 e. The molecule has 1 N–H and O–H groups in total. The first-order valence-corrected chi connectivity index (χ1v) is 5.17. The van der Waals surface area contributed by atoms with E-state index in [4.69, 9.17) is 5.53 Å². The first kappa shape index (κ1) is 16.4. The van der Waals surface area contributed by atoms with Crippen molar-refractivity contribution >= 4 is 5.69 Å². The molecule has 2 nitrogen and oxygen atoms in total. The van der Waals surface area contributed by atoms with Gasteiger partial charge in [0.1, 0.15) is 0 Å². The van der Waals surface area contributed by atoms with Crippen LogP contribution in [0.2, 0.25) is 0 Å². The van der Waals surface area contributed by atoms with E-state index in [1.54, 1.807) is 0 Å². The zero-order chi connectivity index (χ0) is 15.9. The lowest BCUT2D eigenvalue weighted by Gasteiger charge is -2.31. The molecular formula is C11H9F7N2. The van der Waals surface area contributed by atoms with Gasteiger partial charge in [0.15, 0.2) is 0 Å². The highest BCUT2D eigenvalue weighted by atomic mass is 19.4. The predicted octanol–water partition coefficient (Wildman–Crippen LogP) is 5.26. The van der Waals surface area contributed by atoms with Crippen LogP contribution in [0.4, 0.5) is 36.4 Å². The van der Waals surface area contributed by atoms with Crippen LogP contribution in [0, 0.1) is 19.4 Å². The average molecular weight is 302 g/mol. The first-order valence-electron chi connectivity index (χ1n) is 5.17. The summed E-state index contributed by atoms with van der Waals surface area (Å²) in [5.74, 6) is 0. The van der Waals surface area contributed by atoms with Gasteiger partial charge < -0.3 is 0 Å². The van der Waals surface area contributed by atoms with E-state index >= 15 is 0 Å². The maximum absolute atomic E-state index is 13.8. The van der Waals surface area contributed by atoms with Gasteiger partial charge in [0.25, 0.3) is 0 Å². The van der Waals surface area contributed by atoms with Crippen molar-refractivity contribution in [2.75, 3.05) is 0 Å². The number of hydrogen-bond donors (Lipinski definition) is 1. The Hall–Kier alpha value is -1.67. The molecule has 9 heteroatoms. The summed E-state index contributed by atoms with van der Waals surface area (Å²) in [6, 6.07) is 0.808. The van der Waals surface area contributed by atoms with Crippen molar-refractivity contribution in [1.82, 2.24) is 0 Å². The first-order chi connectivity index (χ1) is 8.86. The van der Waals surface area contributed by atoms with E-state index in [-0.39, 0.29) is 16.8 Å². The molecule has 112 valence electrons. The standard InChI is InChI=1S/C11H9F7N2/c1-5-3-7(4-6(2)8(5)20-19)9(12,10(13,14)15)11(16,17)18/h3-4,19H,1-2H3. The van der Waals surface area contributed by atoms with Crippen LogP contribution < -0.4 is 0 Å². The molecule has 0 heterocycles. The predicted molar refractivity (Wildman–Crippen MR) is 55.6 cm³/mol. The molecule has 0 atom stereocenters. The van der Waals surface area contributed by atoms with Crippen molar-refractivity contribution in [3.8, 4) is 0 Å². The molecule has 20 heavy (non-hydrogen) atoms. The number of nitrogens with one attached hydrogen (secondary N) is 1. The normalized spacial score (nSPS) is 13.4. The van der Waals surface area contributed by atoms with Gasteiger partial charge in [0.2, 0.25) is 0 Å². The summed E-state index contributed by atoms with van der Waals surface area (Å²) in [4.78, 5) is 0. The van der Waals surface area contributed by atoms with Gasteiger partial charge in [0.05, 0.1) is 5.69 Å². The van der Waals surface area contributed by atoms with Crippen LogP contribution >= 0.6 is 0 Å². The molecule has 0 aromatic heterocycles. The third-order valence-electron chi connectivity index (χ3n) is 2.78. The summed E-state index contributed by atoms with van der Waals surface area (Å²) in [5, 5.41) is 2.98. The summed E-state index contributed by atoms with van der Waals surface area (Å²) in [6.07, 6.45) is -12.3. The van der Waals surface area contributed by atoms with Crippen LogP contribution in [0.1, 0.15) is 16.7 Å². The fourth-order valence-electron chi connectivity index (χ4n) is 1.82. The Balaban J connectivity index is 3.65. The van der Waals surface area contributed by atoms with Crippen LogP contribution in [0.5, 0.6) is 0 Å². The van der Waals surface area contributed by atoms with E-state index in [1.165, 1.54) is 0 Å². The molecule has 0 aliphatic carbocycles. The Morgan fingerprint density at radius 2 is 1.20 bits per heavy atom. The molecule has 0 amide bonds. The van der Waals surface area contributed by atoms with E-state index in [2.05, 4.69) is 5.11 Å². The fourth-order valence-corrected chi connectivity index (χ4v) is 1.82. The Kier molecular flexibility index (Phi) is 3.86. The summed E-state index contributed by atoms with van der Waals surface area (Å²) >= 11 is 0. The molecule has 1 aromatic carbocycles. The zero-order valence-electron chi connectivity index (χ0n) is 10.2.